The van der Waals surface area contributed by atoms with E-state index in [4.69, 9.17) is 0 Å². The summed E-state index contributed by atoms with van der Waals surface area (Å²) in [4.78, 5) is 11.7. The van der Waals surface area contributed by atoms with Crippen LogP contribution >= 0.6 is 0 Å². The zero-order valence-electron chi connectivity index (χ0n) is 11.0. The third-order valence-corrected chi connectivity index (χ3v) is 2.68. The van der Waals surface area contributed by atoms with Crippen molar-refractivity contribution in [3.05, 3.63) is 30.1 Å². The van der Waals surface area contributed by atoms with Crippen LogP contribution in [0, 0.1) is 5.82 Å². The Kier molecular flexibility index (Phi) is 6.19. The summed E-state index contributed by atoms with van der Waals surface area (Å²) < 4.78 is 13.0. The first-order valence-electron chi connectivity index (χ1n) is 6.43. The Morgan fingerprint density at radius 2 is 2.17 bits per heavy atom. The van der Waals surface area contributed by atoms with Crippen LogP contribution in [-0.4, -0.2) is 18.5 Å². The molecule has 0 aromatic heterocycles. The molecule has 1 atom stereocenters. The van der Waals surface area contributed by atoms with E-state index in [1.807, 2.05) is 0 Å². The van der Waals surface area contributed by atoms with Gasteiger partial charge in [0.15, 0.2) is 0 Å². The Morgan fingerprint density at radius 1 is 1.39 bits per heavy atom. The van der Waals surface area contributed by atoms with Gasteiger partial charge in [-0.25, -0.2) is 4.39 Å². The van der Waals surface area contributed by atoms with Gasteiger partial charge in [-0.05, 0) is 31.5 Å². The molecule has 0 saturated carbocycles. The maximum atomic E-state index is 13.0. The van der Waals surface area contributed by atoms with E-state index in [2.05, 4.69) is 17.6 Å². The molecule has 1 unspecified atom stereocenters. The van der Waals surface area contributed by atoms with Crippen molar-refractivity contribution in [2.24, 2.45) is 0 Å². The molecule has 1 aromatic carbocycles. The fourth-order valence-corrected chi connectivity index (χ4v) is 1.63. The maximum Gasteiger partial charge on any atom is 0.242 e. The number of rotatable bonds is 7. The summed E-state index contributed by atoms with van der Waals surface area (Å²) in [6, 6.07) is 5.74. The van der Waals surface area contributed by atoms with Crippen LogP contribution in [0.2, 0.25) is 0 Å². The molecule has 4 heteroatoms. The fraction of sp³-hybridized carbons (Fsp3) is 0.500. The lowest BCUT2D eigenvalue weighted by Crippen LogP contribution is -2.38. The molecule has 1 amide bonds. The smallest absolute Gasteiger partial charge is 0.242 e. The minimum Gasteiger partial charge on any atom is -0.374 e. The maximum absolute atomic E-state index is 13.0. The number of amides is 1. The molecule has 100 valence electrons. The average Bonchev–Trinajstić information content (AvgIpc) is 2.34. The summed E-state index contributed by atoms with van der Waals surface area (Å²) >= 11 is 0. The number of halogens is 1. The number of benzene rings is 1. The lowest BCUT2D eigenvalue weighted by molar-refractivity contribution is -0.121. The van der Waals surface area contributed by atoms with E-state index < -0.39 is 0 Å². The molecule has 1 rings (SSSR count). The Balaban J connectivity index is 2.35. The van der Waals surface area contributed by atoms with Gasteiger partial charge in [-0.15, -0.1) is 0 Å². The minimum atomic E-state index is -0.367. The lowest BCUT2D eigenvalue weighted by Gasteiger charge is -2.15. The molecule has 0 spiro atoms. The highest BCUT2D eigenvalue weighted by atomic mass is 19.1. The van der Waals surface area contributed by atoms with Gasteiger partial charge >= 0.3 is 0 Å². The predicted octanol–water partition coefficient (Wildman–Crippen LogP) is 2.93. The highest BCUT2D eigenvalue weighted by molar-refractivity contribution is 5.84. The van der Waals surface area contributed by atoms with Crippen molar-refractivity contribution in [2.45, 2.75) is 39.2 Å². The van der Waals surface area contributed by atoms with Crippen molar-refractivity contribution in [3.8, 4) is 0 Å². The number of carbonyl (C=O) groups is 1. The third-order valence-electron chi connectivity index (χ3n) is 2.68. The van der Waals surface area contributed by atoms with Crippen molar-refractivity contribution in [3.63, 3.8) is 0 Å². The van der Waals surface area contributed by atoms with Crippen LogP contribution in [0.4, 0.5) is 10.1 Å². The summed E-state index contributed by atoms with van der Waals surface area (Å²) in [5, 5.41) is 5.83. The van der Waals surface area contributed by atoms with Crippen molar-refractivity contribution < 1.29 is 9.18 Å². The van der Waals surface area contributed by atoms with Crippen LogP contribution in [0.5, 0.6) is 0 Å². The summed E-state index contributed by atoms with van der Waals surface area (Å²) in [7, 11) is 0. The van der Waals surface area contributed by atoms with Gasteiger partial charge in [-0.2, -0.15) is 0 Å². The minimum absolute atomic E-state index is 0.0598. The average molecular weight is 252 g/mol. The van der Waals surface area contributed by atoms with Gasteiger partial charge in [0.2, 0.25) is 5.91 Å². The number of hydrogen-bond donors (Lipinski definition) is 2. The first-order valence-corrected chi connectivity index (χ1v) is 6.43. The number of carbonyl (C=O) groups excluding carboxylic acids is 1. The van der Waals surface area contributed by atoms with Crippen LogP contribution in [0.15, 0.2) is 24.3 Å². The quantitative estimate of drug-likeness (QED) is 0.733. The first-order chi connectivity index (χ1) is 8.63. The van der Waals surface area contributed by atoms with Gasteiger partial charge in [0, 0.05) is 12.2 Å². The van der Waals surface area contributed by atoms with Gasteiger partial charge in [0.25, 0.3) is 0 Å². The topological polar surface area (TPSA) is 41.1 Å². The number of hydrogen-bond acceptors (Lipinski definition) is 2. The molecule has 0 radical (unpaired) electrons. The SMILES string of the molecule is CCCCCNC(=O)C(C)Nc1cccc(F)c1. The molecule has 0 fully saturated rings. The van der Waals surface area contributed by atoms with Crippen molar-refractivity contribution >= 4 is 11.6 Å². The highest BCUT2D eigenvalue weighted by Crippen LogP contribution is 2.10. The second-order valence-corrected chi connectivity index (χ2v) is 4.37. The van der Waals surface area contributed by atoms with Crippen LogP contribution in [0.1, 0.15) is 33.1 Å². The van der Waals surface area contributed by atoms with E-state index in [1.54, 1.807) is 19.1 Å². The number of anilines is 1. The Hall–Kier alpha value is -1.58. The normalized spacial score (nSPS) is 11.9. The molecule has 0 heterocycles. The molecule has 0 saturated heterocycles. The van der Waals surface area contributed by atoms with E-state index in [1.165, 1.54) is 12.1 Å². The molecule has 0 bridgehead atoms. The van der Waals surface area contributed by atoms with Gasteiger partial charge in [-0.3, -0.25) is 4.79 Å². The highest BCUT2D eigenvalue weighted by Gasteiger charge is 2.11. The van der Waals surface area contributed by atoms with Gasteiger partial charge < -0.3 is 10.6 Å². The first kappa shape index (κ1) is 14.5. The molecule has 0 aliphatic heterocycles. The summed E-state index contributed by atoms with van der Waals surface area (Å²) in [6.45, 7) is 4.58. The van der Waals surface area contributed by atoms with Gasteiger partial charge in [0.1, 0.15) is 11.9 Å². The van der Waals surface area contributed by atoms with Gasteiger partial charge in [0.05, 0.1) is 0 Å². The number of nitrogens with one attached hydrogen (secondary N) is 2. The molecule has 2 N–H and O–H groups in total. The molecule has 0 aliphatic carbocycles. The molecular weight excluding hydrogens is 231 g/mol. The van der Waals surface area contributed by atoms with E-state index in [9.17, 15) is 9.18 Å². The Bertz CT molecular complexity index is 382. The standard InChI is InChI=1S/C14H21FN2O/c1-3-4-5-9-16-14(18)11(2)17-13-8-6-7-12(15)10-13/h6-8,10-11,17H,3-5,9H2,1-2H3,(H,16,18). The lowest BCUT2D eigenvalue weighted by atomic mass is 10.2. The van der Waals surface area contributed by atoms with Crippen LogP contribution in [0.3, 0.4) is 0 Å². The Morgan fingerprint density at radius 3 is 2.83 bits per heavy atom. The van der Waals surface area contributed by atoms with Crippen molar-refractivity contribution in [1.29, 1.82) is 0 Å². The van der Waals surface area contributed by atoms with E-state index in [0.717, 1.165) is 19.3 Å². The largest absolute Gasteiger partial charge is 0.374 e. The molecular formula is C14H21FN2O. The Labute approximate surface area is 108 Å². The van der Waals surface area contributed by atoms with E-state index >= 15 is 0 Å². The fourth-order valence-electron chi connectivity index (χ4n) is 1.63. The number of unbranched alkanes of at least 4 members (excludes halogenated alkanes) is 2. The van der Waals surface area contributed by atoms with Gasteiger partial charge in [-0.1, -0.05) is 25.8 Å². The van der Waals surface area contributed by atoms with Crippen LogP contribution in [-0.2, 0) is 4.79 Å². The monoisotopic (exact) mass is 252 g/mol. The zero-order chi connectivity index (χ0) is 13.4. The van der Waals surface area contributed by atoms with Crippen molar-refractivity contribution in [1.82, 2.24) is 5.32 Å². The second-order valence-electron chi connectivity index (χ2n) is 4.37. The van der Waals surface area contributed by atoms with E-state index in [0.29, 0.717) is 12.2 Å². The second kappa shape index (κ2) is 7.69. The summed E-state index contributed by atoms with van der Waals surface area (Å²) in [5.41, 5.74) is 0.617. The van der Waals surface area contributed by atoms with E-state index in [-0.39, 0.29) is 17.8 Å². The predicted molar refractivity (Wildman–Crippen MR) is 72.0 cm³/mol. The van der Waals surface area contributed by atoms with Crippen LogP contribution in [0.25, 0.3) is 0 Å². The molecule has 1 aromatic rings. The summed E-state index contributed by atoms with van der Waals surface area (Å²) in [6.07, 6.45) is 3.24. The van der Waals surface area contributed by atoms with Crippen LogP contribution < -0.4 is 10.6 Å². The molecule has 3 nitrogen and oxygen atoms in total. The molecule has 0 aliphatic rings. The summed E-state index contributed by atoms with van der Waals surface area (Å²) in [5.74, 6) is -0.370. The third kappa shape index (κ3) is 5.17. The molecule has 18 heavy (non-hydrogen) atoms. The zero-order valence-corrected chi connectivity index (χ0v) is 11.0. The van der Waals surface area contributed by atoms with Crippen molar-refractivity contribution in [2.75, 3.05) is 11.9 Å².